The highest BCUT2D eigenvalue weighted by molar-refractivity contribution is 6.08. The molecule has 0 atom stereocenters. The summed E-state index contributed by atoms with van der Waals surface area (Å²) in [5.41, 5.74) is 7.91. The molecule has 0 unspecified atom stereocenters. The van der Waals surface area contributed by atoms with Crippen LogP contribution in [0, 0.1) is 0 Å². The Morgan fingerprint density at radius 3 is 2.53 bits per heavy atom. The van der Waals surface area contributed by atoms with Gasteiger partial charge in [0.05, 0.1) is 11.8 Å². The summed E-state index contributed by atoms with van der Waals surface area (Å²) in [5.74, 6) is -0.00241. The van der Waals surface area contributed by atoms with E-state index < -0.39 is 0 Å². The van der Waals surface area contributed by atoms with Crippen molar-refractivity contribution in [1.82, 2.24) is 9.78 Å². The molecule has 1 aromatic heterocycles. The number of nitrogens with zero attached hydrogens (tertiary/aromatic N) is 2. The third-order valence-corrected chi connectivity index (χ3v) is 2.62. The lowest BCUT2D eigenvalue weighted by Gasteiger charge is -2.01. The second-order valence-corrected chi connectivity index (χ2v) is 3.97. The van der Waals surface area contributed by atoms with Crippen molar-refractivity contribution < 1.29 is 4.79 Å². The first-order valence-corrected chi connectivity index (χ1v) is 5.53. The molecule has 1 aromatic carbocycles. The first kappa shape index (κ1) is 11.5. The summed E-state index contributed by atoms with van der Waals surface area (Å²) in [5, 5.41) is 3.99. The van der Waals surface area contributed by atoms with E-state index in [9.17, 15) is 4.79 Å². The van der Waals surface area contributed by atoms with E-state index in [1.54, 1.807) is 24.1 Å². The number of nitrogens with two attached hydrogens (primary N) is 1. The van der Waals surface area contributed by atoms with Crippen LogP contribution in [0.4, 0.5) is 0 Å². The average Bonchev–Trinajstić information content (AvgIpc) is 2.76. The average molecular weight is 229 g/mol. The third-order valence-electron chi connectivity index (χ3n) is 2.62. The van der Waals surface area contributed by atoms with Crippen molar-refractivity contribution in [2.75, 3.05) is 6.54 Å². The molecule has 0 spiro atoms. The number of rotatable bonds is 4. The maximum atomic E-state index is 12.1. The molecule has 1 heterocycles. The lowest BCUT2D eigenvalue weighted by atomic mass is 10.0. The smallest absolute Gasteiger partial charge is 0.196 e. The SMILES string of the molecule is Cn1cc(C(=O)c2ccc(CCN)cc2)cn1. The first-order chi connectivity index (χ1) is 8.20. The fraction of sp³-hybridized carbons (Fsp3) is 0.231. The Morgan fingerprint density at radius 2 is 2.00 bits per heavy atom. The molecule has 2 N–H and O–H groups in total. The minimum Gasteiger partial charge on any atom is -0.330 e. The van der Waals surface area contributed by atoms with E-state index in [2.05, 4.69) is 5.10 Å². The second-order valence-electron chi connectivity index (χ2n) is 3.97. The molecule has 0 fully saturated rings. The van der Waals surface area contributed by atoms with Gasteiger partial charge in [-0.15, -0.1) is 0 Å². The molecule has 17 heavy (non-hydrogen) atoms. The minimum absolute atomic E-state index is 0.00241. The summed E-state index contributed by atoms with van der Waals surface area (Å²) in [6, 6.07) is 7.55. The molecular weight excluding hydrogens is 214 g/mol. The topological polar surface area (TPSA) is 60.9 Å². The number of carbonyl (C=O) groups is 1. The minimum atomic E-state index is -0.00241. The third kappa shape index (κ3) is 2.60. The van der Waals surface area contributed by atoms with Crippen LogP contribution >= 0.6 is 0 Å². The Kier molecular flexibility index (Phi) is 3.35. The zero-order chi connectivity index (χ0) is 12.3. The summed E-state index contributed by atoms with van der Waals surface area (Å²) in [4.78, 5) is 12.1. The zero-order valence-corrected chi connectivity index (χ0v) is 9.76. The molecule has 2 rings (SSSR count). The standard InChI is InChI=1S/C13H15N3O/c1-16-9-12(8-15-16)13(17)11-4-2-10(3-5-11)6-7-14/h2-5,8-9H,6-7,14H2,1H3. The van der Waals surface area contributed by atoms with Gasteiger partial charge in [-0.25, -0.2) is 0 Å². The van der Waals surface area contributed by atoms with Gasteiger partial charge < -0.3 is 5.73 Å². The van der Waals surface area contributed by atoms with Crippen molar-refractivity contribution in [2.24, 2.45) is 12.8 Å². The van der Waals surface area contributed by atoms with Crippen molar-refractivity contribution >= 4 is 5.78 Å². The van der Waals surface area contributed by atoms with Gasteiger partial charge in [0.25, 0.3) is 0 Å². The highest BCUT2D eigenvalue weighted by Gasteiger charge is 2.10. The van der Waals surface area contributed by atoms with Crippen molar-refractivity contribution in [2.45, 2.75) is 6.42 Å². The van der Waals surface area contributed by atoms with Gasteiger partial charge in [-0.2, -0.15) is 5.10 Å². The van der Waals surface area contributed by atoms with Gasteiger partial charge in [0.2, 0.25) is 0 Å². The molecule has 88 valence electrons. The van der Waals surface area contributed by atoms with Crippen LogP contribution in [0.3, 0.4) is 0 Å². The fourth-order valence-electron chi connectivity index (χ4n) is 1.69. The molecule has 4 heteroatoms. The van der Waals surface area contributed by atoms with Crippen molar-refractivity contribution in [3.05, 3.63) is 53.3 Å². The molecule has 0 bridgehead atoms. The van der Waals surface area contributed by atoms with Crippen LogP contribution < -0.4 is 5.73 Å². The Bertz CT molecular complexity index is 514. The molecule has 0 aliphatic heterocycles. The van der Waals surface area contributed by atoms with E-state index in [-0.39, 0.29) is 5.78 Å². The lowest BCUT2D eigenvalue weighted by molar-refractivity contribution is 0.103. The van der Waals surface area contributed by atoms with Gasteiger partial charge in [0.1, 0.15) is 0 Å². The molecule has 0 aliphatic rings. The Hall–Kier alpha value is -1.94. The van der Waals surface area contributed by atoms with Crippen molar-refractivity contribution in [3.8, 4) is 0 Å². The number of hydrogen-bond acceptors (Lipinski definition) is 3. The van der Waals surface area contributed by atoms with Crippen LogP contribution in [0.1, 0.15) is 21.5 Å². The van der Waals surface area contributed by atoms with Crippen molar-refractivity contribution in [3.63, 3.8) is 0 Å². The summed E-state index contributed by atoms with van der Waals surface area (Å²) < 4.78 is 1.62. The van der Waals surface area contributed by atoms with E-state index in [1.165, 1.54) is 0 Å². The van der Waals surface area contributed by atoms with Crippen LogP contribution in [0.15, 0.2) is 36.7 Å². The molecule has 0 saturated heterocycles. The van der Waals surface area contributed by atoms with Gasteiger partial charge in [-0.3, -0.25) is 9.48 Å². The molecule has 2 aromatic rings. The van der Waals surface area contributed by atoms with Crippen LogP contribution in [0.5, 0.6) is 0 Å². The second kappa shape index (κ2) is 4.93. The van der Waals surface area contributed by atoms with E-state index in [1.807, 2.05) is 24.3 Å². The zero-order valence-electron chi connectivity index (χ0n) is 9.76. The number of carbonyl (C=O) groups excluding carboxylic acids is 1. The van der Waals surface area contributed by atoms with Gasteiger partial charge in [-0.1, -0.05) is 24.3 Å². The molecule has 0 radical (unpaired) electrons. The Balaban J connectivity index is 2.20. The summed E-state index contributed by atoms with van der Waals surface area (Å²) in [6.45, 7) is 0.621. The van der Waals surface area contributed by atoms with Crippen LogP contribution in [-0.2, 0) is 13.5 Å². The predicted octanol–water partition coefficient (Wildman–Crippen LogP) is 1.15. The Labute approximate surface area is 100 Å². The molecule has 4 nitrogen and oxygen atoms in total. The van der Waals surface area contributed by atoms with E-state index in [4.69, 9.17) is 5.73 Å². The van der Waals surface area contributed by atoms with Crippen LogP contribution in [0.25, 0.3) is 0 Å². The van der Waals surface area contributed by atoms with Gasteiger partial charge in [0.15, 0.2) is 5.78 Å². The Morgan fingerprint density at radius 1 is 1.29 bits per heavy atom. The normalized spacial score (nSPS) is 10.5. The van der Waals surface area contributed by atoms with Gasteiger partial charge in [0, 0.05) is 18.8 Å². The maximum absolute atomic E-state index is 12.1. The summed E-state index contributed by atoms with van der Waals surface area (Å²) in [7, 11) is 1.79. The quantitative estimate of drug-likeness (QED) is 0.800. The number of ketones is 1. The predicted molar refractivity (Wildman–Crippen MR) is 65.8 cm³/mol. The lowest BCUT2D eigenvalue weighted by Crippen LogP contribution is -2.04. The van der Waals surface area contributed by atoms with Crippen molar-refractivity contribution in [1.29, 1.82) is 0 Å². The van der Waals surface area contributed by atoms with Crippen LogP contribution in [-0.4, -0.2) is 22.1 Å². The van der Waals surface area contributed by atoms with Gasteiger partial charge >= 0.3 is 0 Å². The number of aryl methyl sites for hydroxylation is 1. The maximum Gasteiger partial charge on any atom is 0.196 e. The van der Waals surface area contributed by atoms with E-state index in [0.29, 0.717) is 17.7 Å². The molecular formula is C13H15N3O. The highest BCUT2D eigenvalue weighted by Crippen LogP contribution is 2.10. The summed E-state index contributed by atoms with van der Waals surface area (Å²) >= 11 is 0. The molecule has 0 aliphatic carbocycles. The number of aromatic nitrogens is 2. The first-order valence-electron chi connectivity index (χ1n) is 5.53. The number of hydrogen-bond donors (Lipinski definition) is 1. The van der Waals surface area contributed by atoms with E-state index in [0.717, 1.165) is 12.0 Å². The van der Waals surface area contributed by atoms with E-state index >= 15 is 0 Å². The van der Waals surface area contributed by atoms with Gasteiger partial charge in [-0.05, 0) is 18.5 Å². The highest BCUT2D eigenvalue weighted by atomic mass is 16.1. The molecule has 0 amide bonds. The summed E-state index contributed by atoms with van der Waals surface area (Å²) in [6.07, 6.45) is 4.13. The van der Waals surface area contributed by atoms with Crippen LogP contribution in [0.2, 0.25) is 0 Å². The number of benzene rings is 1. The fourth-order valence-corrected chi connectivity index (χ4v) is 1.69. The largest absolute Gasteiger partial charge is 0.330 e. The molecule has 0 saturated carbocycles. The monoisotopic (exact) mass is 229 g/mol.